The predicted molar refractivity (Wildman–Crippen MR) is 87.8 cm³/mol. The van der Waals surface area contributed by atoms with E-state index in [-0.39, 0.29) is 20.7 Å². The van der Waals surface area contributed by atoms with E-state index < -0.39 is 27.0 Å². The maximum atomic E-state index is 12.5. The molecule has 0 aliphatic carbocycles. The third-order valence-corrected chi connectivity index (χ3v) is 4.99. The molecule has 2 rings (SSSR count). The van der Waals surface area contributed by atoms with Crippen LogP contribution in [0.3, 0.4) is 0 Å². The molecule has 0 fully saturated rings. The summed E-state index contributed by atoms with van der Waals surface area (Å²) in [7, 11) is -4.47. The number of nitriles is 1. The van der Waals surface area contributed by atoms with Crippen molar-refractivity contribution >= 4 is 43.2 Å². The van der Waals surface area contributed by atoms with Crippen molar-refractivity contribution in [3.63, 3.8) is 0 Å². The van der Waals surface area contributed by atoms with Gasteiger partial charge in [0.15, 0.2) is 5.75 Å². The standard InChI is InChI=1S/C14H7BrClF3N2O3S/c15-9-2-4-13(12(6-9)24-14(17,18)19)25(22,23)21-11-5-8(7-20)1-3-10(11)16/h1-6,21H. The summed E-state index contributed by atoms with van der Waals surface area (Å²) in [6.45, 7) is 0. The Labute approximate surface area is 154 Å². The highest BCUT2D eigenvalue weighted by molar-refractivity contribution is 9.10. The van der Waals surface area contributed by atoms with Crippen LogP contribution in [0.2, 0.25) is 5.02 Å². The molecule has 5 nitrogen and oxygen atoms in total. The minimum absolute atomic E-state index is 0.0297. The lowest BCUT2D eigenvalue weighted by Gasteiger charge is -2.15. The predicted octanol–water partition coefficient (Wildman–Crippen LogP) is 4.67. The molecule has 11 heteroatoms. The molecule has 0 aromatic heterocycles. The lowest BCUT2D eigenvalue weighted by atomic mass is 10.2. The first-order valence-electron chi connectivity index (χ1n) is 6.29. The fourth-order valence-corrected chi connectivity index (χ4v) is 3.52. The van der Waals surface area contributed by atoms with Crippen LogP contribution in [0, 0.1) is 11.3 Å². The van der Waals surface area contributed by atoms with Gasteiger partial charge in [-0.05, 0) is 36.4 Å². The summed E-state index contributed by atoms with van der Waals surface area (Å²) in [5.41, 5.74) is -0.0359. The second kappa shape index (κ2) is 7.11. The van der Waals surface area contributed by atoms with Gasteiger partial charge in [0.2, 0.25) is 0 Å². The normalized spacial score (nSPS) is 11.7. The fraction of sp³-hybridized carbons (Fsp3) is 0.0714. The van der Waals surface area contributed by atoms with Crippen molar-refractivity contribution in [1.82, 2.24) is 0 Å². The Bertz CT molecular complexity index is 959. The molecule has 1 N–H and O–H groups in total. The largest absolute Gasteiger partial charge is 0.573 e. The van der Waals surface area contributed by atoms with Gasteiger partial charge in [-0.3, -0.25) is 4.72 Å². The van der Waals surface area contributed by atoms with Gasteiger partial charge in [-0.25, -0.2) is 8.42 Å². The molecule has 2 aromatic rings. The zero-order valence-corrected chi connectivity index (χ0v) is 15.1. The molecule has 0 radical (unpaired) electrons. The van der Waals surface area contributed by atoms with Crippen molar-refractivity contribution in [3.05, 3.63) is 51.5 Å². The molecule has 0 aliphatic rings. The number of benzene rings is 2. The van der Waals surface area contributed by atoms with E-state index in [0.717, 1.165) is 18.2 Å². The SMILES string of the molecule is N#Cc1ccc(Cl)c(NS(=O)(=O)c2ccc(Br)cc2OC(F)(F)F)c1. The van der Waals surface area contributed by atoms with Crippen LogP contribution in [0.1, 0.15) is 5.56 Å². The Morgan fingerprint density at radius 1 is 1.20 bits per heavy atom. The smallest absolute Gasteiger partial charge is 0.404 e. The molecule has 0 heterocycles. The van der Waals surface area contributed by atoms with Crippen LogP contribution in [-0.2, 0) is 10.0 Å². The average molecular weight is 456 g/mol. The van der Waals surface area contributed by atoms with E-state index in [9.17, 15) is 21.6 Å². The van der Waals surface area contributed by atoms with Gasteiger partial charge in [-0.2, -0.15) is 5.26 Å². The molecule has 0 atom stereocenters. The van der Waals surface area contributed by atoms with Crippen LogP contribution in [-0.4, -0.2) is 14.8 Å². The van der Waals surface area contributed by atoms with Crippen molar-refractivity contribution in [1.29, 1.82) is 5.26 Å². The van der Waals surface area contributed by atoms with E-state index in [2.05, 4.69) is 20.7 Å². The van der Waals surface area contributed by atoms with Crippen molar-refractivity contribution in [2.24, 2.45) is 0 Å². The number of nitrogens with one attached hydrogen (secondary N) is 1. The van der Waals surface area contributed by atoms with Crippen LogP contribution in [0.15, 0.2) is 45.8 Å². The topological polar surface area (TPSA) is 79.2 Å². The number of rotatable bonds is 4. The van der Waals surface area contributed by atoms with Gasteiger partial charge < -0.3 is 4.74 Å². The Balaban J connectivity index is 2.49. The van der Waals surface area contributed by atoms with Gasteiger partial charge in [0, 0.05) is 4.47 Å². The van der Waals surface area contributed by atoms with Crippen molar-refractivity contribution < 1.29 is 26.3 Å². The molecular formula is C14H7BrClF3N2O3S. The summed E-state index contributed by atoms with van der Waals surface area (Å²) in [6, 6.07) is 8.65. The number of hydrogen-bond acceptors (Lipinski definition) is 4. The Morgan fingerprint density at radius 3 is 2.48 bits per heavy atom. The maximum absolute atomic E-state index is 12.5. The van der Waals surface area contributed by atoms with Gasteiger partial charge in [-0.15, -0.1) is 13.2 Å². The van der Waals surface area contributed by atoms with Crippen LogP contribution in [0.4, 0.5) is 18.9 Å². The van der Waals surface area contributed by atoms with Crippen LogP contribution >= 0.6 is 27.5 Å². The van der Waals surface area contributed by atoms with Gasteiger partial charge in [0.25, 0.3) is 10.0 Å². The monoisotopic (exact) mass is 454 g/mol. The van der Waals surface area contributed by atoms with Gasteiger partial charge >= 0.3 is 6.36 Å². The van der Waals surface area contributed by atoms with E-state index in [1.54, 1.807) is 6.07 Å². The van der Waals surface area contributed by atoms with Gasteiger partial charge in [0.1, 0.15) is 4.90 Å². The summed E-state index contributed by atoms with van der Waals surface area (Å²) in [5.74, 6) is -0.915. The Kier molecular flexibility index (Phi) is 5.51. The Hall–Kier alpha value is -1.96. The van der Waals surface area contributed by atoms with Gasteiger partial charge in [0.05, 0.1) is 22.3 Å². The van der Waals surface area contributed by atoms with Crippen LogP contribution in [0.25, 0.3) is 0 Å². The molecule has 0 spiro atoms. The zero-order valence-electron chi connectivity index (χ0n) is 11.9. The quantitative estimate of drug-likeness (QED) is 0.726. The molecular weight excluding hydrogens is 449 g/mol. The van der Waals surface area contributed by atoms with Crippen molar-refractivity contribution in [2.75, 3.05) is 4.72 Å². The minimum atomic E-state index is -5.08. The molecule has 0 unspecified atom stereocenters. The van der Waals surface area contributed by atoms with E-state index in [4.69, 9.17) is 16.9 Å². The number of ether oxygens (including phenoxy) is 1. The highest BCUT2D eigenvalue weighted by Gasteiger charge is 2.34. The molecule has 25 heavy (non-hydrogen) atoms. The Morgan fingerprint density at radius 2 is 1.88 bits per heavy atom. The summed E-state index contributed by atoms with van der Waals surface area (Å²) in [5, 5.41) is 8.82. The van der Waals surface area contributed by atoms with E-state index >= 15 is 0 Å². The molecule has 0 amide bonds. The van der Waals surface area contributed by atoms with Crippen LogP contribution < -0.4 is 9.46 Å². The molecule has 0 aliphatic heterocycles. The highest BCUT2D eigenvalue weighted by atomic mass is 79.9. The number of nitrogens with zero attached hydrogens (tertiary/aromatic N) is 1. The first-order valence-corrected chi connectivity index (χ1v) is 8.95. The number of sulfonamides is 1. The van der Waals surface area contributed by atoms with E-state index in [1.807, 2.05) is 4.72 Å². The third kappa shape index (κ3) is 5.01. The number of alkyl halides is 3. The number of anilines is 1. The molecule has 0 saturated heterocycles. The summed E-state index contributed by atoms with van der Waals surface area (Å²) in [4.78, 5) is -0.744. The summed E-state index contributed by atoms with van der Waals surface area (Å²) >= 11 is 8.81. The molecule has 132 valence electrons. The first-order chi connectivity index (χ1) is 11.5. The van der Waals surface area contributed by atoms with Crippen molar-refractivity contribution in [2.45, 2.75) is 11.3 Å². The third-order valence-electron chi connectivity index (χ3n) is 2.76. The molecule has 0 bridgehead atoms. The summed E-state index contributed by atoms with van der Waals surface area (Å²) in [6.07, 6.45) is -5.08. The number of hydrogen-bond donors (Lipinski definition) is 1. The average Bonchev–Trinajstić information content (AvgIpc) is 2.47. The maximum Gasteiger partial charge on any atom is 0.573 e. The second-order valence-corrected chi connectivity index (χ2v) is 7.52. The fourth-order valence-electron chi connectivity index (χ4n) is 1.78. The lowest BCUT2D eigenvalue weighted by molar-refractivity contribution is -0.275. The van der Waals surface area contributed by atoms with Crippen molar-refractivity contribution in [3.8, 4) is 11.8 Å². The highest BCUT2D eigenvalue weighted by Crippen LogP contribution is 2.34. The van der Waals surface area contributed by atoms with E-state index in [1.165, 1.54) is 18.2 Å². The first kappa shape index (κ1) is 19.4. The number of halogens is 5. The minimum Gasteiger partial charge on any atom is -0.404 e. The molecule has 0 saturated carbocycles. The lowest BCUT2D eigenvalue weighted by Crippen LogP contribution is -2.21. The second-order valence-electron chi connectivity index (χ2n) is 4.55. The van der Waals surface area contributed by atoms with Crippen LogP contribution in [0.5, 0.6) is 5.75 Å². The zero-order chi connectivity index (χ0) is 18.8. The summed E-state index contributed by atoms with van der Waals surface area (Å²) < 4.78 is 68.5. The van der Waals surface area contributed by atoms with E-state index in [0.29, 0.717) is 0 Å². The van der Waals surface area contributed by atoms with Gasteiger partial charge in [-0.1, -0.05) is 27.5 Å². The molecule has 2 aromatic carbocycles.